The second-order valence-corrected chi connectivity index (χ2v) is 5.88. The molecule has 2 aromatic rings. The summed E-state index contributed by atoms with van der Waals surface area (Å²) in [4.78, 5) is 26.2. The van der Waals surface area contributed by atoms with Crippen LogP contribution in [-0.2, 0) is 16.0 Å². The van der Waals surface area contributed by atoms with Crippen LogP contribution < -0.4 is 10.2 Å². The zero-order valence-corrected chi connectivity index (χ0v) is 15.6. The first kappa shape index (κ1) is 20.0. The molecule has 0 spiro atoms. The Morgan fingerprint density at radius 1 is 1.04 bits per heavy atom. The average molecular weight is 365 g/mol. The molecule has 1 N–H and O–H groups in total. The number of hydrogen-bond donors (Lipinski definition) is 1. The molecule has 0 atom stereocenters. The van der Waals surface area contributed by atoms with Gasteiger partial charge in [0.25, 0.3) is 5.91 Å². The van der Waals surface area contributed by atoms with Crippen molar-refractivity contribution in [3.8, 4) is 6.07 Å². The predicted octanol–water partition coefficient (Wildman–Crippen LogP) is 3.39. The Morgan fingerprint density at radius 2 is 1.67 bits per heavy atom. The quantitative estimate of drug-likeness (QED) is 0.725. The van der Waals surface area contributed by atoms with Gasteiger partial charge in [-0.15, -0.1) is 0 Å². The molecule has 6 nitrogen and oxygen atoms in total. The molecular weight excluding hydrogens is 342 g/mol. The van der Waals surface area contributed by atoms with Crippen LogP contribution in [0.3, 0.4) is 0 Å². The van der Waals surface area contributed by atoms with Gasteiger partial charge in [-0.3, -0.25) is 4.79 Å². The second-order valence-electron chi connectivity index (χ2n) is 5.88. The smallest absolute Gasteiger partial charge is 0.338 e. The van der Waals surface area contributed by atoms with Crippen molar-refractivity contribution in [2.75, 3.05) is 29.9 Å². The van der Waals surface area contributed by atoms with E-state index in [0.717, 1.165) is 24.3 Å². The first-order valence-corrected chi connectivity index (χ1v) is 8.85. The van der Waals surface area contributed by atoms with E-state index in [1.54, 1.807) is 36.4 Å². The van der Waals surface area contributed by atoms with Crippen LogP contribution in [0.15, 0.2) is 48.5 Å². The highest BCUT2D eigenvalue weighted by molar-refractivity contribution is 5.95. The van der Waals surface area contributed by atoms with Crippen molar-refractivity contribution >= 4 is 23.3 Å². The number of nitrogens with zero attached hydrogens (tertiary/aromatic N) is 2. The minimum Gasteiger partial charge on any atom is -0.452 e. The number of carbonyl (C=O) groups is 2. The number of amides is 1. The SMILES string of the molecule is CCN(CC)c1ccc(C(=O)OCC(=O)Nc2ccc(CC#N)cc2)cc1. The zero-order valence-electron chi connectivity index (χ0n) is 15.6. The number of ether oxygens (including phenoxy) is 1. The molecule has 2 aromatic carbocycles. The van der Waals surface area contributed by atoms with E-state index in [1.165, 1.54) is 0 Å². The summed E-state index contributed by atoms with van der Waals surface area (Å²) < 4.78 is 5.07. The highest BCUT2D eigenvalue weighted by Crippen LogP contribution is 2.15. The molecule has 1 amide bonds. The summed E-state index contributed by atoms with van der Waals surface area (Å²) in [5, 5.41) is 11.3. The fourth-order valence-corrected chi connectivity index (χ4v) is 2.61. The Bertz CT molecular complexity index is 804. The first-order valence-electron chi connectivity index (χ1n) is 8.85. The fraction of sp³-hybridized carbons (Fsp3) is 0.286. The lowest BCUT2D eigenvalue weighted by atomic mass is 10.1. The van der Waals surface area contributed by atoms with Crippen LogP contribution in [0.2, 0.25) is 0 Å². The normalized spacial score (nSPS) is 9.96. The van der Waals surface area contributed by atoms with E-state index in [0.29, 0.717) is 17.7 Å². The summed E-state index contributed by atoms with van der Waals surface area (Å²) >= 11 is 0. The van der Waals surface area contributed by atoms with Crippen molar-refractivity contribution in [2.45, 2.75) is 20.3 Å². The standard InChI is InChI=1S/C21H23N3O3/c1-3-24(4-2)19-11-7-17(8-12-19)21(26)27-15-20(25)23-18-9-5-16(6-10-18)13-14-22/h5-12H,3-4,13,15H2,1-2H3,(H,23,25). The minimum atomic E-state index is -0.541. The third-order valence-electron chi connectivity index (χ3n) is 4.09. The lowest BCUT2D eigenvalue weighted by Gasteiger charge is -2.20. The summed E-state index contributed by atoms with van der Waals surface area (Å²) in [5.41, 5.74) is 2.89. The van der Waals surface area contributed by atoms with E-state index in [1.807, 2.05) is 12.1 Å². The number of benzene rings is 2. The van der Waals surface area contributed by atoms with Gasteiger partial charge in [-0.2, -0.15) is 5.26 Å². The van der Waals surface area contributed by atoms with Crippen molar-refractivity contribution in [1.82, 2.24) is 0 Å². The minimum absolute atomic E-state index is 0.318. The first-order chi connectivity index (χ1) is 13.1. The van der Waals surface area contributed by atoms with Gasteiger partial charge < -0.3 is 15.0 Å². The van der Waals surface area contributed by atoms with Crippen molar-refractivity contribution in [3.63, 3.8) is 0 Å². The van der Waals surface area contributed by atoms with Crippen LogP contribution in [0.4, 0.5) is 11.4 Å². The lowest BCUT2D eigenvalue weighted by Crippen LogP contribution is -2.22. The number of nitriles is 1. The van der Waals surface area contributed by atoms with Gasteiger partial charge in [0.15, 0.2) is 6.61 Å². The summed E-state index contributed by atoms with van der Waals surface area (Å²) in [7, 11) is 0. The molecule has 2 rings (SSSR count). The molecule has 0 saturated carbocycles. The van der Waals surface area contributed by atoms with Gasteiger partial charge in [0.2, 0.25) is 0 Å². The predicted molar refractivity (Wildman–Crippen MR) is 105 cm³/mol. The summed E-state index contributed by atoms with van der Waals surface area (Å²) in [5.74, 6) is -0.961. The molecule has 27 heavy (non-hydrogen) atoms. The van der Waals surface area contributed by atoms with Crippen molar-refractivity contribution in [1.29, 1.82) is 5.26 Å². The molecule has 140 valence electrons. The summed E-state index contributed by atoms with van der Waals surface area (Å²) in [6.45, 7) is 5.55. The molecule has 0 bridgehead atoms. The highest BCUT2D eigenvalue weighted by Gasteiger charge is 2.11. The van der Waals surface area contributed by atoms with E-state index in [9.17, 15) is 9.59 Å². The van der Waals surface area contributed by atoms with E-state index in [2.05, 4.69) is 30.1 Å². The Hall–Kier alpha value is -3.33. The molecule has 0 aliphatic carbocycles. The largest absolute Gasteiger partial charge is 0.452 e. The lowest BCUT2D eigenvalue weighted by molar-refractivity contribution is -0.119. The maximum atomic E-state index is 12.1. The van der Waals surface area contributed by atoms with E-state index < -0.39 is 11.9 Å². The monoisotopic (exact) mass is 365 g/mol. The van der Waals surface area contributed by atoms with Gasteiger partial charge >= 0.3 is 5.97 Å². The number of rotatable bonds is 8. The van der Waals surface area contributed by atoms with Crippen molar-refractivity contribution in [2.24, 2.45) is 0 Å². The Labute approximate surface area is 159 Å². The number of esters is 1. The number of anilines is 2. The summed E-state index contributed by atoms with van der Waals surface area (Å²) in [6.07, 6.45) is 0.318. The van der Waals surface area contributed by atoms with E-state index in [-0.39, 0.29) is 6.61 Å². The van der Waals surface area contributed by atoms with E-state index in [4.69, 9.17) is 10.00 Å². The van der Waals surface area contributed by atoms with Crippen LogP contribution in [0.1, 0.15) is 29.8 Å². The highest BCUT2D eigenvalue weighted by atomic mass is 16.5. The third-order valence-corrected chi connectivity index (χ3v) is 4.09. The molecule has 0 aromatic heterocycles. The number of nitrogens with one attached hydrogen (secondary N) is 1. The van der Waals surface area contributed by atoms with Gasteiger partial charge in [-0.25, -0.2) is 4.79 Å². The fourth-order valence-electron chi connectivity index (χ4n) is 2.61. The average Bonchev–Trinajstić information content (AvgIpc) is 2.69. The molecule has 0 saturated heterocycles. The van der Waals surface area contributed by atoms with Gasteiger partial charge in [0.05, 0.1) is 18.1 Å². The third kappa shape index (κ3) is 5.86. The van der Waals surface area contributed by atoms with Gasteiger partial charge in [-0.05, 0) is 55.8 Å². The second kappa shape index (κ2) is 9.97. The van der Waals surface area contributed by atoms with Gasteiger partial charge in [-0.1, -0.05) is 12.1 Å². The molecule has 0 aliphatic rings. The van der Waals surface area contributed by atoms with Crippen LogP contribution in [0, 0.1) is 11.3 Å². The summed E-state index contributed by atoms with van der Waals surface area (Å²) in [6, 6.07) is 16.1. The van der Waals surface area contributed by atoms with Crippen molar-refractivity contribution in [3.05, 3.63) is 59.7 Å². The Kier molecular flexibility index (Phi) is 7.38. The van der Waals surface area contributed by atoms with Crippen LogP contribution in [0.25, 0.3) is 0 Å². The van der Waals surface area contributed by atoms with Crippen LogP contribution in [-0.4, -0.2) is 31.6 Å². The van der Waals surface area contributed by atoms with Gasteiger partial charge in [0, 0.05) is 24.5 Å². The van der Waals surface area contributed by atoms with Gasteiger partial charge in [0.1, 0.15) is 0 Å². The Balaban J connectivity index is 1.85. The molecule has 0 heterocycles. The van der Waals surface area contributed by atoms with Crippen LogP contribution >= 0.6 is 0 Å². The van der Waals surface area contributed by atoms with Crippen LogP contribution in [0.5, 0.6) is 0 Å². The maximum Gasteiger partial charge on any atom is 0.338 e. The molecular formula is C21H23N3O3. The Morgan fingerprint density at radius 3 is 2.22 bits per heavy atom. The molecule has 0 fully saturated rings. The molecule has 0 aliphatic heterocycles. The molecule has 0 unspecified atom stereocenters. The van der Waals surface area contributed by atoms with E-state index >= 15 is 0 Å². The topological polar surface area (TPSA) is 82.4 Å². The number of carbonyl (C=O) groups excluding carboxylic acids is 2. The van der Waals surface area contributed by atoms with Crippen molar-refractivity contribution < 1.29 is 14.3 Å². The molecule has 6 heteroatoms. The number of hydrogen-bond acceptors (Lipinski definition) is 5. The molecule has 0 radical (unpaired) electrons. The maximum absolute atomic E-state index is 12.1. The zero-order chi connectivity index (χ0) is 19.6.